The van der Waals surface area contributed by atoms with Gasteiger partial charge in [0.05, 0.1) is 24.4 Å². The van der Waals surface area contributed by atoms with Gasteiger partial charge >= 0.3 is 5.97 Å². The van der Waals surface area contributed by atoms with E-state index in [2.05, 4.69) is 10.2 Å². The molecule has 0 aromatic carbocycles. The Balaban J connectivity index is 2.64. The maximum absolute atomic E-state index is 10.3. The predicted octanol–water partition coefficient (Wildman–Crippen LogP) is -0.710. The molecule has 3 N–H and O–H groups in total. The molecule has 1 aromatic heterocycles. The van der Waals surface area contributed by atoms with Crippen molar-refractivity contribution < 1.29 is 9.90 Å². The molecule has 0 saturated carbocycles. The van der Waals surface area contributed by atoms with E-state index in [4.69, 9.17) is 10.8 Å². The van der Waals surface area contributed by atoms with Gasteiger partial charge < -0.3 is 10.8 Å². The normalized spacial score (nSPS) is 12.8. The molecule has 0 radical (unpaired) electrons. The molecule has 0 aliphatic carbocycles. The Hall–Kier alpha value is -1.43. The molecular weight excluding hydrogens is 160 g/mol. The Bertz CT molecular complexity index is 283. The highest BCUT2D eigenvalue weighted by Gasteiger charge is 2.13. The molecule has 6 heteroatoms. The van der Waals surface area contributed by atoms with Crippen LogP contribution in [-0.2, 0) is 11.8 Å². The van der Waals surface area contributed by atoms with Crippen molar-refractivity contribution in [2.24, 2.45) is 12.8 Å². The molecule has 0 bridgehead atoms. The summed E-state index contributed by atoms with van der Waals surface area (Å²) in [5.74, 6) is -0.937. The van der Waals surface area contributed by atoms with Crippen LogP contribution >= 0.6 is 0 Å². The smallest absolute Gasteiger partial charge is 0.305 e. The van der Waals surface area contributed by atoms with E-state index in [-0.39, 0.29) is 6.42 Å². The molecule has 1 heterocycles. The minimum Gasteiger partial charge on any atom is -0.481 e. The summed E-state index contributed by atoms with van der Waals surface area (Å²) in [5.41, 5.74) is 6.01. The van der Waals surface area contributed by atoms with E-state index < -0.39 is 12.0 Å². The van der Waals surface area contributed by atoms with Crippen molar-refractivity contribution in [3.63, 3.8) is 0 Å². The second-order valence-electron chi connectivity index (χ2n) is 2.46. The molecule has 12 heavy (non-hydrogen) atoms. The summed E-state index contributed by atoms with van der Waals surface area (Å²) < 4.78 is 0. The minimum atomic E-state index is -0.937. The number of carboxylic acids is 1. The van der Waals surface area contributed by atoms with Crippen LogP contribution in [0.1, 0.15) is 18.2 Å². The third-order valence-electron chi connectivity index (χ3n) is 1.39. The lowest BCUT2D eigenvalue weighted by Gasteiger charge is -2.02. The van der Waals surface area contributed by atoms with E-state index in [1.807, 2.05) is 0 Å². The van der Waals surface area contributed by atoms with Gasteiger partial charge in [0.1, 0.15) is 0 Å². The van der Waals surface area contributed by atoms with Crippen LogP contribution in [0.25, 0.3) is 0 Å². The SMILES string of the molecule is Cn1ncc(C(N)CC(=O)O)n1. The second kappa shape index (κ2) is 3.31. The van der Waals surface area contributed by atoms with Gasteiger partial charge in [0.25, 0.3) is 0 Å². The summed E-state index contributed by atoms with van der Waals surface area (Å²) in [7, 11) is 1.65. The highest BCUT2D eigenvalue weighted by Crippen LogP contribution is 2.08. The Kier molecular flexibility index (Phi) is 2.39. The molecule has 0 aliphatic rings. The van der Waals surface area contributed by atoms with Gasteiger partial charge in [0.2, 0.25) is 0 Å². The monoisotopic (exact) mass is 170 g/mol. The number of rotatable bonds is 3. The first-order valence-corrected chi connectivity index (χ1v) is 3.43. The third kappa shape index (κ3) is 2.03. The fourth-order valence-corrected chi connectivity index (χ4v) is 0.824. The Morgan fingerprint density at radius 2 is 2.58 bits per heavy atom. The van der Waals surface area contributed by atoms with Crippen LogP contribution in [0.3, 0.4) is 0 Å². The highest BCUT2D eigenvalue weighted by molar-refractivity contribution is 5.67. The number of hydrogen-bond donors (Lipinski definition) is 2. The van der Waals surface area contributed by atoms with Crippen LogP contribution in [0.2, 0.25) is 0 Å². The average molecular weight is 170 g/mol. The molecule has 1 atom stereocenters. The van der Waals surface area contributed by atoms with Crippen molar-refractivity contribution in [2.45, 2.75) is 12.5 Å². The molecule has 1 unspecified atom stereocenters. The second-order valence-corrected chi connectivity index (χ2v) is 2.46. The number of aliphatic carboxylic acids is 1. The zero-order chi connectivity index (χ0) is 9.14. The third-order valence-corrected chi connectivity index (χ3v) is 1.39. The molecule has 1 rings (SSSR count). The van der Waals surface area contributed by atoms with E-state index in [0.29, 0.717) is 5.69 Å². The van der Waals surface area contributed by atoms with E-state index in [1.165, 1.54) is 11.0 Å². The standard InChI is InChI=1S/C6H10N4O2/c1-10-8-3-5(9-10)4(7)2-6(11)12/h3-4H,2,7H2,1H3,(H,11,12). The largest absolute Gasteiger partial charge is 0.481 e. The maximum atomic E-state index is 10.3. The molecule has 0 fully saturated rings. The van der Waals surface area contributed by atoms with Gasteiger partial charge in [-0.3, -0.25) is 4.79 Å². The number of aryl methyl sites for hydroxylation is 1. The van der Waals surface area contributed by atoms with Gasteiger partial charge in [-0.05, 0) is 0 Å². The minimum absolute atomic E-state index is 0.126. The summed E-state index contributed by atoms with van der Waals surface area (Å²) in [6, 6.07) is -0.573. The summed E-state index contributed by atoms with van der Waals surface area (Å²) in [6.45, 7) is 0. The fourth-order valence-electron chi connectivity index (χ4n) is 0.824. The quantitative estimate of drug-likeness (QED) is 0.624. The lowest BCUT2D eigenvalue weighted by molar-refractivity contribution is -0.137. The molecule has 0 aliphatic heterocycles. The Morgan fingerprint density at radius 1 is 1.92 bits per heavy atom. The number of nitrogens with two attached hydrogens (primary N) is 1. The molecule has 0 saturated heterocycles. The Labute approximate surface area is 69.0 Å². The van der Waals surface area contributed by atoms with Crippen LogP contribution in [0.15, 0.2) is 6.20 Å². The summed E-state index contributed by atoms with van der Waals surface area (Å²) in [6.07, 6.45) is 1.34. The van der Waals surface area contributed by atoms with Gasteiger partial charge in [0.15, 0.2) is 0 Å². The van der Waals surface area contributed by atoms with Crippen molar-refractivity contribution in [3.05, 3.63) is 11.9 Å². The number of carbonyl (C=O) groups is 1. The zero-order valence-electron chi connectivity index (χ0n) is 6.64. The first kappa shape index (κ1) is 8.66. The predicted molar refractivity (Wildman–Crippen MR) is 40.2 cm³/mol. The lowest BCUT2D eigenvalue weighted by Crippen LogP contribution is -2.15. The highest BCUT2D eigenvalue weighted by atomic mass is 16.4. The van der Waals surface area contributed by atoms with Gasteiger partial charge in [-0.2, -0.15) is 15.0 Å². The number of aromatic nitrogens is 3. The van der Waals surface area contributed by atoms with Crippen molar-refractivity contribution >= 4 is 5.97 Å². The number of carboxylic acid groups (broad SMARTS) is 1. The molecule has 6 nitrogen and oxygen atoms in total. The summed E-state index contributed by atoms with van der Waals surface area (Å²) >= 11 is 0. The van der Waals surface area contributed by atoms with Crippen LogP contribution in [0.5, 0.6) is 0 Å². The number of nitrogens with zero attached hydrogens (tertiary/aromatic N) is 3. The van der Waals surface area contributed by atoms with E-state index in [9.17, 15) is 4.79 Å². The summed E-state index contributed by atoms with van der Waals surface area (Å²) in [5, 5.41) is 16.1. The number of hydrogen-bond acceptors (Lipinski definition) is 4. The fraction of sp³-hybridized carbons (Fsp3) is 0.500. The van der Waals surface area contributed by atoms with Crippen LogP contribution in [-0.4, -0.2) is 26.1 Å². The molecule has 1 aromatic rings. The van der Waals surface area contributed by atoms with Gasteiger partial charge in [-0.1, -0.05) is 0 Å². The van der Waals surface area contributed by atoms with Crippen molar-refractivity contribution in [1.82, 2.24) is 15.0 Å². The van der Waals surface area contributed by atoms with Crippen molar-refractivity contribution in [1.29, 1.82) is 0 Å². The van der Waals surface area contributed by atoms with E-state index in [0.717, 1.165) is 0 Å². The summed E-state index contributed by atoms with van der Waals surface area (Å²) in [4.78, 5) is 11.6. The average Bonchev–Trinajstić information content (AvgIpc) is 2.34. The van der Waals surface area contributed by atoms with Crippen molar-refractivity contribution in [2.75, 3.05) is 0 Å². The Morgan fingerprint density at radius 3 is 3.00 bits per heavy atom. The van der Waals surface area contributed by atoms with Gasteiger partial charge in [0, 0.05) is 7.05 Å². The van der Waals surface area contributed by atoms with Gasteiger partial charge in [-0.25, -0.2) is 0 Å². The van der Waals surface area contributed by atoms with Crippen LogP contribution in [0.4, 0.5) is 0 Å². The van der Waals surface area contributed by atoms with Crippen LogP contribution in [0, 0.1) is 0 Å². The van der Waals surface area contributed by atoms with Gasteiger partial charge in [-0.15, -0.1) is 0 Å². The zero-order valence-corrected chi connectivity index (χ0v) is 6.64. The molecule has 0 amide bonds. The van der Waals surface area contributed by atoms with E-state index >= 15 is 0 Å². The van der Waals surface area contributed by atoms with Crippen molar-refractivity contribution in [3.8, 4) is 0 Å². The molecule has 66 valence electrons. The molecular formula is C6H10N4O2. The molecule has 0 spiro atoms. The van der Waals surface area contributed by atoms with Crippen LogP contribution < -0.4 is 5.73 Å². The van der Waals surface area contributed by atoms with E-state index in [1.54, 1.807) is 7.05 Å². The first-order chi connectivity index (χ1) is 5.59. The lowest BCUT2D eigenvalue weighted by atomic mass is 10.2. The first-order valence-electron chi connectivity index (χ1n) is 3.43. The maximum Gasteiger partial charge on any atom is 0.305 e. The topological polar surface area (TPSA) is 94.0 Å².